The highest BCUT2D eigenvalue weighted by Crippen LogP contribution is 2.30. The van der Waals surface area contributed by atoms with Crippen LogP contribution in [0, 0.1) is 0 Å². The third-order valence-electron chi connectivity index (χ3n) is 3.55. The van der Waals surface area contributed by atoms with E-state index in [9.17, 15) is 9.59 Å². The lowest BCUT2D eigenvalue weighted by Gasteiger charge is -2.19. The van der Waals surface area contributed by atoms with E-state index in [0.717, 1.165) is 19.8 Å². The van der Waals surface area contributed by atoms with Crippen molar-refractivity contribution in [3.63, 3.8) is 0 Å². The van der Waals surface area contributed by atoms with E-state index in [1.165, 1.54) is 0 Å². The number of nitrogens with zero attached hydrogens (tertiary/aromatic N) is 1. The Balaban J connectivity index is 1.94. The van der Waals surface area contributed by atoms with Gasteiger partial charge in [0.1, 0.15) is 0 Å². The Kier molecular flexibility index (Phi) is 4.03. The number of amides is 2. The van der Waals surface area contributed by atoms with Gasteiger partial charge in [-0.25, -0.2) is 0 Å². The van der Waals surface area contributed by atoms with E-state index in [1.54, 1.807) is 11.1 Å². The standard InChI is InChI=1S/C14H13Br2N3O2/c15-10-5-8-9(7-18-12(8)6-11(10)16)14(21)19-3-1-13(20)17-2-4-19/h5-7,18H,1-4H2,(H,17,20). The molecule has 0 radical (unpaired) electrons. The lowest BCUT2D eigenvalue weighted by molar-refractivity contribution is -0.120. The second kappa shape index (κ2) is 5.81. The number of fused-ring (bicyclic) bond motifs is 1. The maximum atomic E-state index is 12.7. The molecule has 110 valence electrons. The third-order valence-corrected chi connectivity index (χ3v) is 5.40. The zero-order valence-corrected chi connectivity index (χ0v) is 14.3. The van der Waals surface area contributed by atoms with Gasteiger partial charge in [-0.2, -0.15) is 0 Å². The Morgan fingerprint density at radius 2 is 1.95 bits per heavy atom. The fourth-order valence-electron chi connectivity index (χ4n) is 2.43. The number of aromatic amines is 1. The number of carbonyl (C=O) groups excluding carboxylic acids is 2. The molecule has 2 heterocycles. The molecule has 1 fully saturated rings. The molecular formula is C14H13Br2N3O2. The van der Waals surface area contributed by atoms with Crippen molar-refractivity contribution in [1.29, 1.82) is 0 Å². The van der Waals surface area contributed by atoms with Crippen LogP contribution in [0.15, 0.2) is 27.3 Å². The third kappa shape index (κ3) is 2.85. The van der Waals surface area contributed by atoms with Gasteiger partial charge in [0.05, 0.1) is 5.56 Å². The van der Waals surface area contributed by atoms with Crippen LogP contribution in [-0.4, -0.2) is 41.3 Å². The van der Waals surface area contributed by atoms with E-state index >= 15 is 0 Å². The highest BCUT2D eigenvalue weighted by molar-refractivity contribution is 9.13. The first-order chi connectivity index (χ1) is 10.1. The molecule has 21 heavy (non-hydrogen) atoms. The van der Waals surface area contributed by atoms with Crippen molar-refractivity contribution >= 4 is 54.6 Å². The van der Waals surface area contributed by atoms with Crippen molar-refractivity contribution in [3.8, 4) is 0 Å². The number of halogens is 2. The molecule has 1 saturated heterocycles. The van der Waals surface area contributed by atoms with Crippen LogP contribution in [0.2, 0.25) is 0 Å². The summed E-state index contributed by atoms with van der Waals surface area (Å²) in [6.45, 7) is 1.49. The molecule has 2 N–H and O–H groups in total. The molecule has 1 aliphatic rings. The predicted octanol–water partition coefficient (Wildman–Crippen LogP) is 2.66. The van der Waals surface area contributed by atoms with Gasteiger partial charge in [0.2, 0.25) is 5.91 Å². The Morgan fingerprint density at radius 3 is 2.76 bits per heavy atom. The normalized spacial score (nSPS) is 15.9. The van der Waals surface area contributed by atoms with Crippen molar-refractivity contribution in [2.45, 2.75) is 6.42 Å². The summed E-state index contributed by atoms with van der Waals surface area (Å²) in [6.07, 6.45) is 2.08. The van der Waals surface area contributed by atoms with Gasteiger partial charge in [0, 0.05) is 52.1 Å². The van der Waals surface area contributed by atoms with E-state index in [2.05, 4.69) is 42.2 Å². The fraction of sp³-hybridized carbons (Fsp3) is 0.286. The SMILES string of the molecule is O=C1CCN(C(=O)c2c[nH]c3cc(Br)c(Br)cc23)CCN1. The molecule has 7 heteroatoms. The van der Waals surface area contributed by atoms with Crippen LogP contribution < -0.4 is 5.32 Å². The molecule has 1 aliphatic heterocycles. The van der Waals surface area contributed by atoms with Gasteiger partial charge in [0.25, 0.3) is 5.91 Å². The van der Waals surface area contributed by atoms with E-state index in [0.29, 0.717) is 31.6 Å². The number of carbonyl (C=O) groups is 2. The van der Waals surface area contributed by atoms with Gasteiger partial charge in [-0.1, -0.05) is 0 Å². The van der Waals surface area contributed by atoms with Crippen molar-refractivity contribution < 1.29 is 9.59 Å². The summed E-state index contributed by atoms with van der Waals surface area (Å²) >= 11 is 6.91. The van der Waals surface area contributed by atoms with E-state index in [4.69, 9.17) is 0 Å². The fourth-order valence-corrected chi connectivity index (χ4v) is 3.12. The average molecular weight is 415 g/mol. The number of hydrogen-bond donors (Lipinski definition) is 2. The molecule has 0 atom stereocenters. The quantitative estimate of drug-likeness (QED) is 0.753. The molecule has 3 rings (SSSR count). The molecule has 0 aliphatic carbocycles. The Labute approximate surface area is 138 Å². The molecule has 2 aromatic rings. The minimum Gasteiger partial charge on any atom is -0.360 e. The maximum absolute atomic E-state index is 12.7. The van der Waals surface area contributed by atoms with Crippen LogP contribution in [0.25, 0.3) is 10.9 Å². The zero-order chi connectivity index (χ0) is 15.0. The topological polar surface area (TPSA) is 65.2 Å². The van der Waals surface area contributed by atoms with Gasteiger partial charge in [-0.15, -0.1) is 0 Å². The molecule has 5 nitrogen and oxygen atoms in total. The summed E-state index contributed by atoms with van der Waals surface area (Å²) in [6, 6.07) is 3.86. The van der Waals surface area contributed by atoms with Gasteiger partial charge in [0.15, 0.2) is 0 Å². The molecule has 0 bridgehead atoms. The minimum atomic E-state index is -0.0491. The van der Waals surface area contributed by atoms with Gasteiger partial charge in [-0.05, 0) is 44.0 Å². The van der Waals surface area contributed by atoms with Crippen molar-refractivity contribution in [1.82, 2.24) is 15.2 Å². The van der Waals surface area contributed by atoms with E-state index in [1.807, 2.05) is 12.1 Å². The Morgan fingerprint density at radius 1 is 1.19 bits per heavy atom. The number of H-pyrrole nitrogens is 1. The lowest BCUT2D eigenvalue weighted by atomic mass is 10.1. The summed E-state index contributed by atoms with van der Waals surface area (Å²) in [4.78, 5) is 28.9. The second-order valence-electron chi connectivity index (χ2n) is 4.91. The number of rotatable bonds is 1. The monoisotopic (exact) mass is 413 g/mol. The van der Waals surface area contributed by atoms with Gasteiger partial charge in [-0.3, -0.25) is 9.59 Å². The molecule has 0 unspecified atom stereocenters. The van der Waals surface area contributed by atoms with E-state index < -0.39 is 0 Å². The molecular weight excluding hydrogens is 402 g/mol. The number of benzene rings is 1. The summed E-state index contributed by atoms with van der Waals surface area (Å²) in [7, 11) is 0. The molecule has 2 amide bonds. The van der Waals surface area contributed by atoms with Crippen molar-refractivity contribution in [2.75, 3.05) is 19.6 Å². The largest absolute Gasteiger partial charge is 0.360 e. The van der Waals surface area contributed by atoms with Crippen LogP contribution in [0.3, 0.4) is 0 Å². The summed E-state index contributed by atoms with van der Waals surface area (Å²) in [5.41, 5.74) is 1.53. The highest BCUT2D eigenvalue weighted by Gasteiger charge is 2.22. The van der Waals surface area contributed by atoms with Crippen LogP contribution in [0.5, 0.6) is 0 Å². The van der Waals surface area contributed by atoms with E-state index in [-0.39, 0.29) is 11.8 Å². The van der Waals surface area contributed by atoms with Gasteiger partial charge >= 0.3 is 0 Å². The molecule has 1 aromatic carbocycles. The average Bonchev–Trinajstić information content (AvgIpc) is 2.71. The van der Waals surface area contributed by atoms with Crippen LogP contribution in [0.4, 0.5) is 0 Å². The zero-order valence-electron chi connectivity index (χ0n) is 11.1. The second-order valence-corrected chi connectivity index (χ2v) is 6.62. The Bertz CT molecular complexity index is 726. The summed E-state index contributed by atoms with van der Waals surface area (Å²) in [5.74, 6) is -0.0529. The van der Waals surface area contributed by atoms with Crippen LogP contribution >= 0.6 is 31.9 Å². The number of nitrogens with one attached hydrogen (secondary N) is 2. The summed E-state index contributed by atoms with van der Waals surface area (Å²) < 4.78 is 1.83. The smallest absolute Gasteiger partial charge is 0.256 e. The number of hydrogen-bond acceptors (Lipinski definition) is 2. The molecule has 1 aromatic heterocycles. The molecule has 0 saturated carbocycles. The Hall–Kier alpha value is -1.34. The van der Waals surface area contributed by atoms with Crippen LogP contribution in [0.1, 0.15) is 16.8 Å². The van der Waals surface area contributed by atoms with Crippen molar-refractivity contribution in [2.24, 2.45) is 0 Å². The first-order valence-electron chi connectivity index (χ1n) is 6.58. The maximum Gasteiger partial charge on any atom is 0.256 e. The van der Waals surface area contributed by atoms with Crippen molar-refractivity contribution in [3.05, 3.63) is 32.8 Å². The first kappa shape index (κ1) is 14.6. The van der Waals surface area contributed by atoms with Crippen LogP contribution in [-0.2, 0) is 4.79 Å². The number of aromatic nitrogens is 1. The minimum absolute atomic E-state index is 0.00379. The van der Waals surface area contributed by atoms with Gasteiger partial charge < -0.3 is 15.2 Å². The highest BCUT2D eigenvalue weighted by atomic mass is 79.9. The molecule has 0 spiro atoms. The first-order valence-corrected chi connectivity index (χ1v) is 8.17. The lowest BCUT2D eigenvalue weighted by Crippen LogP contribution is -2.34. The summed E-state index contributed by atoms with van der Waals surface area (Å²) in [5, 5.41) is 3.65. The predicted molar refractivity (Wildman–Crippen MR) is 87.2 cm³/mol.